The van der Waals surface area contributed by atoms with E-state index in [-0.39, 0.29) is 11.5 Å². The summed E-state index contributed by atoms with van der Waals surface area (Å²) in [7, 11) is 2.89. The summed E-state index contributed by atoms with van der Waals surface area (Å²) >= 11 is 0. The normalized spacial score (nSPS) is 10.3. The van der Waals surface area contributed by atoms with Gasteiger partial charge in [-0.3, -0.25) is 4.79 Å². The van der Waals surface area contributed by atoms with Crippen LogP contribution in [0.25, 0.3) is 21.7 Å². The SMILES string of the molecule is COc1cc(C=N)cc(OC)c1O.NC(=O)c1cc2c(ccc3ccccc32)o1. The number of nitrogens with one attached hydrogen (secondary N) is 1. The Morgan fingerprint density at radius 3 is 2.28 bits per heavy atom. The summed E-state index contributed by atoms with van der Waals surface area (Å²) in [6.45, 7) is 0. The van der Waals surface area contributed by atoms with Crippen LogP contribution in [-0.2, 0) is 0 Å². The number of fused-ring (bicyclic) bond motifs is 3. The molecule has 148 valence electrons. The van der Waals surface area contributed by atoms with Crippen LogP contribution < -0.4 is 15.2 Å². The van der Waals surface area contributed by atoms with E-state index in [1.54, 1.807) is 18.2 Å². The molecule has 0 saturated heterocycles. The minimum Gasteiger partial charge on any atom is -0.502 e. The monoisotopic (exact) mass is 392 g/mol. The highest BCUT2D eigenvalue weighted by atomic mass is 16.5. The van der Waals surface area contributed by atoms with Crippen molar-refractivity contribution in [3.05, 3.63) is 65.9 Å². The van der Waals surface area contributed by atoms with Crippen LogP contribution in [0.2, 0.25) is 0 Å². The number of nitrogens with two attached hydrogens (primary N) is 1. The molecule has 0 aliphatic heterocycles. The molecule has 4 rings (SSSR count). The molecule has 1 heterocycles. The fourth-order valence-corrected chi connectivity index (χ4v) is 2.91. The lowest BCUT2D eigenvalue weighted by atomic mass is 10.1. The van der Waals surface area contributed by atoms with Gasteiger partial charge in [-0.1, -0.05) is 30.3 Å². The van der Waals surface area contributed by atoms with E-state index in [0.29, 0.717) is 22.6 Å². The van der Waals surface area contributed by atoms with Crippen LogP contribution in [0.3, 0.4) is 0 Å². The second-order valence-corrected chi connectivity index (χ2v) is 6.09. The lowest BCUT2D eigenvalue weighted by Crippen LogP contribution is -2.08. The van der Waals surface area contributed by atoms with Gasteiger partial charge in [0.1, 0.15) is 5.58 Å². The molecular weight excluding hydrogens is 372 g/mol. The van der Waals surface area contributed by atoms with E-state index < -0.39 is 5.91 Å². The molecule has 0 fully saturated rings. The van der Waals surface area contributed by atoms with Gasteiger partial charge in [-0.2, -0.15) is 0 Å². The molecule has 0 spiro atoms. The Labute approximate surface area is 166 Å². The Kier molecular flexibility index (Phi) is 5.69. The second-order valence-electron chi connectivity index (χ2n) is 6.09. The van der Waals surface area contributed by atoms with Crippen LogP contribution in [0.5, 0.6) is 17.2 Å². The Morgan fingerprint density at radius 2 is 1.69 bits per heavy atom. The molecule has 0 atom stereocenters. The lowest BCUT2D eigenvalue weighted by Gasteiger charge is -2.08. The van der Waals surface area contributed by atoms with Gasteiger partial charge in [0.15, 0.2) is 17.3 Å². The van der Waals surface area contributed by atoms with Gasteiger partial charge in [0.2, 0.25) is 5.75 Å². The minimum absolute atomic E-state index is 0.0457. The zero-order chi connectivity index (χ0) is 21.0. The van der Waals surface area contributed by atoms with Crippen LogP contribution in [0.15, 0.2) is 59.0 Å². The molecule has 1 aromatic heterocycles. The summed E-state index contributed by atoms with van der Waals surface area (Å²) in [4.78, 5) is 11.0. The van der Waals surface area contributed by atoms with Gasteiger partial charge in [0, 0.05) is 11.6 Å². The third kappa shape index (κ3) is 3.98. The summed E-state index contributed by atoms with van der Waals surface area (Å²) in [5.74, 6) is 0.220. The molecule has 0 bridgehead atoms. The molecule has 7 nitrogen and oxygen atoms in total. The van der Waals surface area contributed by atoms with Crippen LogP contribution >= 0.6 is 0 Å². The van der Waals surface area contributed by atoms with Gasteiger partial charge in [0.25, 0.3) is 5.91 Å². The van der Waals surface area contributed by atoms with E-state index in [9.17, 15) is 9.90 Å². The van der Waals surface area contributed by atoms with E-state index in [4.69, 9.17) is 25.0 Å². The summed E-state index contributed by atoms with van der Waals surface area (Å²) in [6.07, 6.45) is 1.16. The molecule has 0 saturated carbocycles. The first-order valence-electron chi connectivity index (χ1n) is 8.65. The average molecular weight is 392 g/mol. The summed E-state index contributed by atoms with van der Waals surface area (Å²) in [5, 5.41) is 19.6. The lowest BCUT2D eigenvalue weighted by molar-refractivity contribution is 0.0976. The summed E-state index contributed by atoms with van der Waals surface area (Å²) < 4.78 is 15.2. The van der Waals surface area contributed by atoms with Crippen molar-refractivity contribution in [1.29, 1.82) is 5.41 Å². The van der Waals surface area contributed by atoms with Gasteiger partial charge in [-0.15, -0.1) is 0 Å². The van der Waals surface area contributed by atoms with Crippen LogP contribution in [-0.4, -0.2) is 31.4 Å². The van der Waals surface area contributed by atoms with Gasteiger partial charge in [-0.05, 0) is 40.6 Å². The van der Waals surface area contributed by atoms with Gasteiger partial charge >= 0.3 is 0 Å². The zero-order valence-electron chi connectivity index (χ0n) is 15.9. The molecule has 3 aromatic carbocycles. The smallest absolute Gasteiger partial charge is 0.284 e. The van der Waals surface area contributed by atoms with Crippen LogP contribution in [0.1, 0.15) is 16.1 Å². The number of carbonyl (C=O) groups is 1. The van der Waals surface area contributed by atoms with Crippen molar-refractivity contribution >= 4 is 33.9 Å². The van der Waals surface area contributed by atoms with Crippen LogP contribution in [0, 0.1) is 5.41 Å². The number of ether oxygens (including phenoxy) is 2. The predicted octanol–water partition coefficient (Wildman–Crippen LogP) is 4.09. The number of hydrogen-bond donors (Lipinski definition) is 3. The summed E-state index contributed by atoms with van der Waals surface area (Å²) in [5.41, 5.74) is 6.49. The molecule has 29 heavy (non-hydrogen) atoms. The Balaban J connectivity index is 0.000000170. The first kappa shape index (κ1) is 19.8. The van der Waals surface area contributed by atoms with Crippen molar-refractivity contribution in [3.63, 3.8) is 0 Å². The number of furan rings is 1. The van der Waals surface area contributed by atoms with E-state index in [1.165, 1.54) is 14.2 Å². The van der Waals surface area contributed by atoms with Gasteiger partial charge in [0.05, 0.1) is 14.2 Å². The number of rotatable bonds is 4. The largest absolute Gasteiger partial charge is 0.502 e. The molecule has 4 aromatic rings. The fourth-order valence-electron chi connectivity index (χ4n) is 2.91. The second kappa shape index (κ2) is 8.35. The molecule has 0 aliphatic rings. The highest BCUT2D eigenvalue weighted by Crippen LogP contribution is 2.36. The number of methoxy groups -OCH3 is 2. The van der Waals surface area contributed by atoms with Crippen molar-refractivity contribution in [3.8, 4) is 17.2 Å². The number of carbonyl (C=O) groups excluding carboxylic acids is 1. The maximum atomic E-state index is 11.0. The molecular formula is C22H20N2O5. The van der Waals surface area contributed by atoms with Crippen molar-refractivity contribution in [1.82, 2.24) is 0 Å². The number of amides is 1. The standard InChI is InChI=1S/C13H9NO2.C9H11NO3/c14-13(15)12-7-10-9-4-2-1-3-8(9)5-6-11(10)16-12;1-12-7-3-6(5-10)4-8(13-2)9(7)11/h1-7H,(H2,14,15);3-5,10-11H,1-2H3. The van der Waals surface area contributed by atoms with E-state index in [2.05, 4.69) is 0 Å². The molecule has 0 aliphatic carbocycles. The minimum atomic E-state index is -0.541. The van der Waals surface area contributed by atoms with Crippen molar-refractivity contribution in [2.45, 2.75) is 0 Å². The van der Waals surface area contributed by atoms with Gasteiger partial charge < -0.3 is 30.1 Å². The van der Waals surface area contributed by atoms with Crippen molar-refractivity contribution in [2.24, 2.45) is 5.73 Å². The number of phenolic OH excluding ortho intramolecular Hbond substituents is 1. The topological polar surface area (TPSA) is 119 Å². The molecule has 4 N–H and O–H groups in total. The maximum Gasteiger partial charge on any atom is 0.284 e. The van der Waals surface area contributed by atoms with E-state index in [0.717, 1.165) is 22.4 Å². The number of primary amides is 1. The van der Waals surface area contributed by atoms with Crippen molar-refractivity contribution in [2.75, 3.05) is 14.2 Å². The average Bonchev–Trinajstić information content (AvgIpc) is 3.20. The first-order valence-corrected chi connectivity index (χ1v) is 8.65. The quantitative estimate of drug-likeness (QED) is 0.452. The predicted molar refractivity (Wildman–Crippen MR) is 111 cm³/mol. The number of hydrogen-bond acceptors (Lipinski definition) is 6. The zero-order valence-corrected chi connectivity index (χ0v) is 15.9. The van der Waals surface area contributed by atoms with Gasteiger partial charge in [-0.25, -0.2) is 0 Å². The Bertz CT molecular complexity index is 1170. The van der Waals surface area contributed by atoms with E-state index in [1.807, 2.05) is 36.4 Å². The molecule has 1 amide bonds. The molecule has 7 heteroatoms. The maximum absolute atomic E-state index is 11.0. The fraction of sp³-hybridized carbons (Fsp3) is 0.0909. The van der Waals surface area contributed by atoms with Crippen LogP contribution in [0.4, 0.5) is 0 Å². The highest BCUT2D eigenvalue weighted by molar-refractivity contribution is 6.08. The highest BCUT2D eigenvalue weighted by Gasteiger charge is 2.11. The first-order chi connectivity index (χ1) is 14.0. The Morgan fingerprint density at radius 1 is 1.03 bits per heavy atom. The van der Waals surface area contributed by atoms with Crippen molar-refractivity contribution < 1.29 is 23.8 Å². The number of benzene rings is 3. The Hall–Kier alpha value is -4.00. The third-order valence-electron chi connectivity index (χ3n) is 4.34. The number of aromatic hydroxyl groups is 1. The molecule has 0 radical (unpaired) electrons. The third-order valence-corrected chi connectivity index (χ3v) is 4.34. The number of phenols is 1. The van der Waals surface area contributed by atoms with E-state index >= 15 is 0 Å². The summed E-state index contributed by atoms with van der Waals surface area (Å²) in [6, 6.07) is 16.6. The molecule has 0 unspecified atom stereocenters.